The second-order valence-electron chi connectivity index (χ2n) is 6.57. The molecule has 1 heterocycles. The van der Waals surface area contributed by atoms with E-state index in [1.54, 1.807) is 18.8 Å². The number of nitrogens with one attached hydrogen (secondary N) is 1. The molecule has 1 aromatic rings. The van der Waals surface area contributed by atoms with Crippen LogP contribution in [-0.2, 0) is 9.59 Å². The molecule has 0 bridgehead atoms. The number of carbonyl (C=O) groups excluding carboxylic acids is 2. The van der Waals surface area contributed by atoms with Gasteiger partial charge in [0.25, 0.3) is 0 Å². The molecular formula is C19H29N3O2S. The Morgan fingerprint density at radius 2 is 1.84 bits per heavy atom. The summed E-state index contributed by atoms with van der Waals surface area (Å²) in [4.78, 5) is 29.8. The number of anilines is 1. The molecule has 1 fully saturated rings. The molecule has 25 heavy (non-hydrogen) atoms. The van der Waals surface area contributed by atoms with Crippen molar-refractivity contribution in [2.75, 3.05) is 38.3 Å². The molecule has 1 aliphatic heterocycles. The number of hydrogen-bond acceptors (Lipinski definition) is 4. The molecular weight excluding hydrogens is 334 g/mol. The summed E-state index contributed by atoms with van der Waals surface area (Å²) in [6, 6.07) is 7.52. The molecule has 6 heteroatoms. The van der Waals surface area contributed by atoms with Crippen LogP contribution in [-0.4, -0.2) is 60.6 Å². The van der Waals surface area contributed by atoms with E-state index in [-0.39, 0.29) is 24.4 Å². The van der Waals surface area contributed by atoms with Crippen molar-refractivity contribution in [3.8, 4) is 0 Å². The molecule has 1 aliphatic rings. The van der Waals surface area contributed by atoms with Gasteiger partial charge in [-0.3, -0.25) is 14.5 Å². The maximum absolute atomic E-state index is 12.7. The van der Waals surface area contributed by atoms with Crippen molar-refractivity contribution in [2.24, 2.45) is 0 Å². The van der Waals surface area contributed by atoms with E-state index in [0.29, 0.717) is 0 Å². The van der Waals surface area contributed by atoms with E-state index in [1.165, 1.54) is 17.7 Å². The highest BCUT2D eigenvalue weighted by Gasteiger charge is 2.25. The van der Waals surface area contributed by atoms with Crippen molar-refractivity contribution in [1.29, 1.82) is 0 Å². The Balaban J connectivity index is 1.90. The van der Waals surface area contributed by atoms with Crippen molar-refractivity contribution in [2.45, 2.75) is 43.5 Å². The Labute approximate surface area is 155 Å². The molecule has 1 aromatic carbocycles. The lowest BCUT2D eigenvalue weighted by molar-refractivity contribution is -0.137. The van der Waals surface area contributed by atoms with Crippen LogP contribution in [0.2, 0.25) is 0 Å². The van der Waals surface area contributed by atoms with Gasteiger partial charge in [0.2, 0.25) is 11.8 Å². The van der Waals surface area contributed by atoms with Gasteiger partial charge >= 0.3 is 0 Å². The van der Waals surface area contributed by atoms with Crippen molar-refractivity contribution < 1.29 is 9.59 Å². The molecule has 1 N–H and O–H groups in total. The summed E-state index contributed by atoms with van der Waals surface area (Å²) in [6.07, 6.45) is 6.75. The van der Waals surface area contributed by atoms with E-state index in [1.807, 2.05) is 37.4 Å². The predicted octanol–water partition coefficient (Wildman–Crippen LogP) is 3.07. The molecule has 0 radical (unpaired) electrons. The first-order valence-electron chi connectivity index (χ1n) is 8.95. The first-order chi connectivity index (χ1) is 12.0. The van der Waals surface area contributed by atoms with E-state index in [9.17, 15) is 9.59 Å². The number of nitrogens with zero attached hydrogens (tertiary/aromatic N) is 2. The molecule has 0 aliphatic carbocycles. The number of carbonyl (C=O) groups is 2. The predicted molar refractivity (Wildman–Crippen MR) is 104 cm³/mol. The van der Waals surface area contributed by atoms with Crippen LogP contribution in [0, 0.1) is 0 Å². The van der Waals surface area contributed by atoms with Crippen LogP contribution in [0.25, 0.3) is 0 Å². The fourth-order valence-corrected chi connectivity index (χ4v) is 3.74. The third-order valence-electron chi connectivity index (χ3n) is 4.68. The minimum atomic E-state index is -0.172. The Kier molecular flexibility index (Phi) is 7.78. The Morgan fingerprint density at radius 3 is 2.48 bits per heavy atom. The average Bonchev–Trinajstić information content (AvgIpc) is 2.90. The van der Waals surface area contributed by atoms with Gasteiger partial charge in [0.1, 0.15) is 0 Å². The van der Waals surface area contributed by atoms with Crippen LogP contribution in [0.1, 0.15) is 32.6 Å². The summed E-state index contributed by atoms with van der Waals surface area (Å²) in [5, 5.41) is 2.91. The summed E-state index contributed by atoms with van der Waals surface area (Å²) < 4.78 is 0. The van der Waals surface area contributed by atoms with Crippen LogP contribution in [0.3, 0.4) is 0 Å². The fourth-order valence-electron chi connectivity index (χ4n) is 3.19. The molecule has 0 aromatic heterocycles. The molecule has 138 valence electrons. The highest BCUT2D eigenvalue weighted by molar-refractivity contribution is 7.98. The SMILES string of the molecule is CSc1ccccc1NC(=O)CN(C)C(=O)C(C)N1CCCCCC1. The lowest BCUT2D eigenvalue weighted by atomic mass is 10.2. The number of benzene rings is 1. The highest BCUT2D eigenvalue weighted by Crippen LogP contribution is 2.24. The van der Waals surface area contributed by atoms with Gasteiger partial charge in [-0.15, -0.1) is 11.8 Å². The summed E-state index contributed by atoms with van der Waals surface area (Å²) in [7, 11) is 1.71. The highest BCUT2D eigenvalue weighted by atomic mass is 32.2. The average molecular weight is 364 g/mol. The molecule has 5 nitrogen and oxygen atoms in total. The smallest absolute Gasteiger partial charge is 0.244 e. The van der Waals surface area contributed by atoms with Gasteiger partial charge in [0.15, 0.2) is 0 Å². The molecule has 2 amide bonds. The molecule has 1 unspecified atom stereocenters. The van der Waals surface area contributed by atoms with Crippen LogP contribution in [0.5, 0.6) is 0 Å². The van der Waals surface area contributed by atoms with Crippen molar-refractivity contribution in [1.82, 2.24) is 9.80 Å². The maximum atomic E-state index is 12.7. The topological polar surface area (TPSA) is 52.7 Å². The number of amides is 2. The maximum Gasteiger partial charge on any atom is 0.244 e. The molecule has 2 rings (SSSR count). The van der Waals surface area contributed by atoms with E-state index >= 15 is 0 Å². The van der Waals surface area contributed by atoms with Gasteiger partial charge in [-0.2, -0.15) is 0 Å². The molecule has 1 saturated heterocycles. The van der Waals surface area contributed by atoms with Crippen molar-refractivity contribution in [3.05, 3.63) is 24.3 Å². The van der Waals surface area contributed by atoms with Crippen LogP contribution >= 0.6 is 11.8 Å². The largest absolute Gasteiger partial charge is 0.335 e. The van der Waals surface area contributed by atoms with Gasteiger partial charge in [-0.25, -0.2) is 0 Å². The minimum absolute atomic E-state index is 0.00945. The van der Waals surface area contributed by atoms with E-state index in [0.717, 1.165) is 36.5 Å². The quantitative estimate of drug-likeness (QED) is 0.789. The van der Waals surface area contributed by atoms with Crippen molar-refractivity contribution in [3.63, 3.8) is 0 Å². The number of para-hydroxylation sites is 1. The number of hydrogen-bond donors (Lipinski definition) is 1. The lowest BCUT2D eigenvalue weighted by Gasteiger charge is -2.30. The Morgan fingerprint density at radius 1 is 1.20 bits per heavy atom. The Hall–Kier alpha value is -1.53. The first kappa shape index (κ1) is 19.8. The van der Waals surface area contributed by atoms with Crippen LogP contribution in [0.4, 0.5) is 5.69 Å². The third kappa shape index (κ3) is 5.75. The Bertz CT molecular complexity index is 586. The summed E-state index contributed by atoms with van der Waals surface area (Å²) in [5.41, 5.74) is 0.793. The molecule has 0 spiro atoms. The van der Waals surface area contributed by atoms with Crippen LogP contribution < -0.4 is 5.32 Å². The number of thioether (sulfide) groups is 1. The molecule has 0 saturated carbocycles. The summed E-state index contributed by atoms with van der Waals surface area (Å²) in [5.74, 6) is -0.157. The molecule has 1 atom stereocenters. The van der Waals surface area contributed by atoms with Gasteiger partial charge < -0.3 is 10.2 Å². The van der Waals surface area contributed by atoms with Crippen molar-refractivity contribution >= 4 is 29.3 Å². The number of likely N-dealkylation sites (N-methyl/N-ethyl adjacent to an activating group) is 1. The van der Waals surface area contributed by atoms with Crippen LogP contribution in [0.15, 0.2) is 29.2 Å². The standard InChI is InChI=1S/C19H29N3O2S/c1-15(22-12-8-4-5-9-13-22)19(24)21(2)14-18(23)20-16-10-6-7-11-17(16)25-3/h6-7,10-11,15H,4-5,8-9,12-14H2,1-3H3,(H,20,23). The van der Waals surface area contributed by atoms with Gasteiger partial charge in [0.05, 0.1) is 18.3 Å². The lowest BCUT2D eigenvalue weighted by Crippen LogP contribution is -2.48. The van der Waals surface area contributed by atoms with E-state index in [2.05, 4.69) is 10.2 Å². The van der Waals surface area contributed by atoms with E-state index in [4.69, 9.17) is 0 Å². The zero-order chi connectivity index (χ0) is 18.2. The minimum Gasteiger partial charge on any atom is -0.335 e. The van der Waals surface area contributed by atoms with Gasteiger partial charge in [-0.05, 0) is 51.2 Å². The summed E-state index contributed by atoms with van der Waals surface area (Å²) >= 11 is 1.59. The summed E-state index contributed by atoms with van der Waals surface area (Å²) in [6.45, 7) is 3.95. The fraction of sp³-hybridized carbons (Fsp3) is 0.579. The van der Waals surface area contributed by atoms with E-state index < -0.39 is 0 Å². The first-order valence-corrected chi connectivity index (χ1v) is 10.2. The normalized spacial score (nSPS) is 16.8. The zero-order valence-electron chi connectivity index (χ0n) is 15.5. The number of likely N-dealkylation sites (tertiary alicyclic amines) is 1. The zero-order valence-corrected chi connectivity index (χ0v) is 16.3. The second-order valence-corrected chi connectivity index (χ2v) is 7.42. The third-order valence-corrected chi connectivity index (χ3v) is 5.48. The monoisotopic (exact) mass is 363 g/mol. The second kappa shape index (κ2) is 9.82. The van der Waals surface area contributed by atoms with Gasteiger partial charge in [0, 0.05) is 11.9 Å². The van der Waals surface area contributed by atoms with Gasteiger partial charge in [-0.1, -0.05) is 25.0 Å². The number of rotatable bonds is 6.